The number of anilines is 2. The quantitative estimate of drug-likeness (QED) is 0.395. The Morgan fingerprint density at radius 3 is 2.79 bits per heavy atom. The molecule has 154 valence electrons. The number of ether oxygens (including phenoxy) is 1. The number of thiazole rings is 1. The van der Waals surface area contributed by atoms with Gasteiger partial charge in [0.25, 0.3) is 5.91 Å². The monoisotopic (exact) mass is 433 g/mol. The zero-order chi connectivity index (χ0) is 20.8. The summed E-state index contributed by atoms with van der Waals surface area (Å²) in [6.45, 7) is 4.19. The predicted molar refractivity (Wildman–Crippen MR) is 115 cm³/mol. The van der Waals surface area contributed by atoms with E-state index in [1.165, 1.54) is 16.2 Å². The van der Waals surface area contributed by atoms with E-state index in [4.69, 9.17) is 4.74 Å². The number of esters is 1. The molecule has 1 amide bonds. The molecule has 0 unspecified atom stereocenters. The minimum absolute atomic E-state index is 0.230. The minimum atomic E-state index is -0.406. The Balaban J connectivity index is 1.32. The van der Waals surface area contributed by atoms with Crippen LogP contribution in [-0.2, 0) is 21.4 Å². The Hall–Kier alpha value is -2.72. The van der Waals surface area contributed by atoms with E-state index < -0.39 is 11.9 Å². The van der Waals surface area contributed by atoms with Crippen LogP contribution in [0.3, 0.4) is 0 Å². The van der Waals surface area contributed by atoms with Crippen molar-refractivity contribution in [2.45, 2.75) is 26.7 Å². The highest BCUT2D eigenvalue weighted by Crippen LogP contribution is 2.30. The van der Waals surface area contributed by atoms with E-state index in [9.17, 15) is 9.59 Å². The Morgan fingerprint density at radius 2 is 2.10 bits per heavy atom. The minimum Gasteiger partial charge on any atom is -0.456 e. The molecule has 0 fully saturated rings. The molecule has 10 heteroatoms. The van der Waals surface area contributed by atoms with Crippen molar-refractivity contribution in [3.05, 3.63) is 34.2 Å². The lowest BCUT2D eigenvalue weighted by Gasteiger charge is -2.07. The van der Waals surface area contributed by atoms with Crippen molar-refractivity contribution in [1.82, 2.24) is 14.8 Å². The second-order valence-corrected chi connectivity index (χ2v) is 8.63. The largest absolute Gasteiger partial charge is 0.456 e. The zero-order valence-corrected chi connectivity index (χ0v) is 18.2. The van der Waals surface area contributed by atoms with Gasteiger partial charge < -0.3 is 15.4 Å². The van der Waals surface area contributed by atoms with Gasteiger partial charge >= 0.3 is 5.97 Å². The first-order valence-corrected chi connectivity index (χ1v) is 10.8. The summed E-state index contributed by atoms with van der Waals surface area (Å²) in [4.78, 5) is 30.6. The SMILES string of the molecule is Cc1cc(NC(=O)COC(=O)CCCNc2nc(-c3ccc(C)s3)cs2)n(C)n1. The van der Waals surface area contributed by atoms with Gasteiger partial charge in [0.2, 0.25) is 0 Å². The van der Waals surface area contributed by atoms with Crippen LogP contribution in [0.5, 0.6) is 0 Å². The molecule has 2 N–H and O–H groups in total. The van der Waals surface area contributed by atoms with Crippen molar-refractivity contribution in [3.63, 3.8) is 0 Å². The van der Waals surface area contributed by atoms with Crippen LogP contribution in [0.1, 0.15) is 23.4 Å². The van der Waals surface area contributed by atoms with Gasteiger partial charge in [0, 0.05) is 36.3 Å². The smallest absolute Gasteiger partial charge is 0.306 e. The van der Waals surface area contributed by atoms with Gasteiger partial charge in [0.1, 0.15) is 5.82 Å². The second-order valence-electron chi connectivity index (χ2n) is 6.48. The molecule has 3 aromatic rings. The Labute approximate surface area is 176 Å². The summed E-state index contributed by atoms with van der Waals surface area (Å²) in [5.41, 5.74) is 1.76. The lowest BCUT2D eigenvalue weighted by atomic mass is 10.3. The number of aryl methyl sites for hydroxylation is 3. The standard InChI is InChI=1S/C19H23N5O3S2/c1-12-9-16(24(3)23-12)22-17(25)10-27-18(26)5-4-8-20-19-21-14(11-28-19)15-7-6-13(2)29-15/h6-7,9,11H,4-5,8,10H2,1-3H3,(H,20,21)(H,22,25). The number of nitrogens with zero attached hydrogens (tertiary/aromatic N) is 3. The van der Waals surface area contributed by atoms with Gasteiger partial charge in [-0.3, -0.25) is 14.3 Å². The molecule has 3 aromatic heterocycles. The summed E-state index contributed by atoms with van der Waals surface area (Å²) in [5, 5.41) is 12.9. The maximum atomic E-state index is 11.9. The molecule has 0 atom stereocenters. The summed E-state index contributed by atoms with van der Waals surface area (Å²) >= 11 is 3.25. The summed E-state index contributed by atoms with van der Waals surface area (Å²) in [6.07, 6.45) is 0.821. The summed E-state index contributed by atoms with van der Waals surface area (Å²) < 4.78 is 6.58. The van der Waals surface area contributed by atoms with Gasteiger partial charge in [0.05, 0.1) is 16.3 Å². The Bertz CT molecular complexity index is 992. The molecule has 3 rings (SSSR count). The number of thiophene rings is 1. The van der Waals surface area contributed by atoms with Crippen molar-refractivity contribution in [3.8, 4) is 10.6 Å². The predicted octanol–water partition coefficient (Wildman–Crippen LogP) is 3.60. The van der Waals surface area contributed by atoms with E-state index in [-0.39, 0.29) is 13.0 Å². The number of hydrogen-bond acceptors (Lipinski definition) is 8. The average Bonchev–Trinajstić information content (AvgIpc) is 3.38. The molecule has 0 aliphatic heterocycles. The van der Waals surface area contributed by atoms with E-state index in [1.54, 1.807) is 29.1 Å². The highest BCUT2D eigenvalue weighted by Gasteiger charge is 2.11. The fraction of sp³-hybridized carbons (Fsp3) is 0.368. The molecule has 0 aliphatic carbocycles. The third-order valence-corrected chi connectivity index (χ3v) is 5.79. The van der Waals surface area contributed by atoms with Crippen molar-refractivity contribution >= 4 is 45.5 Å². The maximum absolute atomic E-state index is 11.9. The van der Waals surface area contributed by atoms with Crippen LogP contribution in [0.4, 0.5) is 10.9 Å². The molecule has 29 heavy (non-hydrogen) atoms. The highest BCUT2D eigenvalue weighted by molar-refractivity contribution is 7.16. The van der Waals surface area contributed by atoms with Crippen molar-refractivity contribution in [2.24, 2.45) is 7.05 Å². The molecular weight excluding hydrogens is 410 g/mol. The topological polar surface area (TPSA) is 98.1 Å². The first kappa shape index (κ1) is 21.0. The fourth-order valence-corrected chi connectivity index (χ4v) is 4.24. The number of nitrogens with one attached hydrogen (secondary N) is 2. The number of carbonyl (C=O) groups excluding carboxylic acids is 2. The lowest BCUT2D eigenvalue weighted by molar-refractivity contribution is -0.147. The number of carbonyl (C=O) groups is 2. The maximum Gasteiger partial charge on any atom is 0.306 e. The summed E-state index contributed by atoms with van der Waals surface area (Å²) in [7, 11) is 1.73. The Kier molecular flexibility index (Phi) is 6.99. The van der Waals surface area contributed by atoms with Crippen LogP contribution in [0.15, 0.2) is 23.6 Å². The van der Waals surface area contributed by atoms with Crippen LogP contribution in [-0.4, -0.2) is 39.8 Å². The van der Waals surface area contributed by atoms with E-state index in [0.717, 1.165) is 21.4 Å². The normalized spacial score (nSPS) is 10.7. The zero-order valence-electron chi connectivity index (χ0n) is 16.5. The van der Waals surface area contributed by atoms with Gasteiger partial charge in [0.15, 0.2) is 11.7 Å². The van der Waals surface area contributed by atoms with Crippen molar-refractivity contribution < 1.29 is 14.3 Å². The van der Waals surface area contributed by atoms with Crippen LogP contribution in [0.2, 0.25) is 0 Å². The van der Waals surface area contributed by atoms with E-state index >= 15 is 0 Å². The molecular formula is C19H23N5O3S2. The molecule has 0 bridgehead atoms. The third-order valence-electron chi connectivity index (χ3n) is 3.96. The average molecular weight is 434 g/mol. The van der Waals surface area contributed by atoms with Gasteiger partial charge in [-0.25, -0.2) is 4.98 Å². The fourth-order valence-electron chi connectivity index (χ4n) is 2.59. The number of rotatable bonds is 9. The van der Waals surface area contributed by atoms with Crippen LogP contribution >= 0.6 is 22.7 Å². The van der Waals surface area contributed by atoms with Gasteiger partial charge in [-0.2, -0.15) is 5.10 Å². The molecule has 0 saturated heterocycles. The molecule has 0 radical (unpaired) electrons. The summed E-state index contributed by atoms with van der Waals surface area (Å²) in [6, 6.07) is 5.89. The number of hydrogen-bond donors (Lipinski definition) is 2. The van der Waals surface area contributed by atoms with Gasteiger partial charge in [-0.15, -0.1) is 22.7 Å². The van der Waals surface area contributed by atoms with Crippen LogP contribution in [0, 0.1) is 13.8 Å². The second kappa shape index (κ2) is 9.66. The lowest BCUT2D eigenvalue weighted by Crippen LogP contribution is -2.22. The number of aromatic nitrogens is 3. The molecule has 0 aromatic carbocycles. The first-order chi connectivity index (χ1) is 13.9. The van der Waals surface area contributed by atoms with Gasteiger partial charge in [-0.05, 0) is 32.4 Å². The van der Waals surface area contributed by atoms with Crippen molar-refractivity contribution in [2.75, 3.05) is 23.8 Å². The molecule has 0 aliphatic rings. The summed E-state index contributed by atoms with van der Waals surface area (Å²) in [5.74, 6) is -0.232. The highest BCUT2D eigenvalue weighted by atomic mass is 32.1. The van der Waals surface area contributed by atoms with E-state index in [0.29, 0.717) is 18.8 Å². The molecule has 3 heterocycles. The third kappa shape index (κ3) is 6.13. The van der Waals surface area contributed by atoms with E-state index in [1.807, 2.05) is 12.3 Å². The molecule has 0 spiro atoms. The Morgan fingerprint density at radius 1 is 1.28 bits per heavy atom. The molecule has 8 nitrogen and oxygen atoms in total. The first-order valence-electron chi connectivity index (χ1n) is 9.13. The van der Waals surface area contributed by atoms with Crippen LogP contribution < -0.4 is 10.6 Å². The van der Waals surface area contributed by atoms with E-state index in [2.05, 4.69) is 39.8 Å². The van der Waals surface area contributed by atoms with Crippen molar-refractivity contribution in [1.29, 1.82) is 0 Å². The number of amides is 1. The molecule has 0 saturated carbocycles. The van der Waals surface area contributed by atoms with Gasteiger partial charge in [-0.1, -0.05) is 0 Å². The van der Waals surface area contributed by atoms with Crippen LogP contribution in [0.25, 0.3) is 10.6 Å².